The maximum atomic E-state index is 10.4. The molecule has 25 heavy (non-hydrogen) atoms. The lowest BCUT2D eigenvalue weighted by atomic mass is 10.0. The van der Waals surface area contributed by atoms with Crippen LogP contribution in [0.15, 0.2) is 0 Å². The van der Waals surface area contributed by atoms with Crippen molar-refractivity contribution < 1.29 is 14.3 Å². The highest BCUT2D eigenvalue weighted by atomic mass is 28.4. The minimum Gasteiger partial charge on any atom is -0.481 e. The van der Waals surface area contributed by atoms with Gasteiger partial charge in [0.25, 0.3) is 0 Å². The predicted molar refractivity (Wildman–Crippen MR) is 111 cm³/mol. The standard InChI is InChI=1S/C21H44O3Si/c1-21(2,3)25(4,5)24-19-17-15-13-11-9-7-6-8-10-12-14-16-18-20(22)23/h6-19H2,1-5H3,(H,22,23). The van der Waals surface area contributed by atoms with Crippen molar-refractivity contribution in [3.8, 4) is 0 Å². The Bertz CT molecular complexity index is 335. The van der Waals surface area contributed by atoms with Gasteiger partial charge in [0.2, 0.25) is 0 Å². The molecule has 0 atom stereocenters. The van der Waals surface area contributed by atoms with Gasteiger partial charge < -0.3 is 9.53 Å². The van der Waals surface area contributed by atoms with Crippen LogP contribution in [0.5, 0.6) is 0 Å². The van der Waals surface area contributed by atoms with Crippen molar-refractivity contribution >= 4 is 14.3 Å². The van der Waals surface area contributed by atoms with Crippen molar-refractivity contribution in [3.05, 3.63) is 0 Å². The van der Waals surface area contributed by atoms with Gasteiger partial charge in [-0.05, 0) is 31.0 Å². The molecule has 0 bridgehead atoms. The number of hydrogen-bond acceptors (Lipinski definition) is 2. The molecule has 0 saturated carbocycles. The summed E-state index contributed by atoms with van der Waals surface area (Å²) in [5.74, 6) is -0.661. The molecule has 3 nitrogen and oxygen atoms in total. The SMILES string of the molecule is CC(C)(C)[Si](C)(C)OCCCCCCCCCCCCCCC(=O)O. The summed E-state index contributed by atoms with van der Waals surface area (Å²) in [5, 5.41) is 8.89. The molecule has 0 aromatic carbocycles. The van der Waals surface area contributed by atoms with Gasteiger partial charge in [-0.3, -0.25) is 4.79 Å². The van der Waals surface area contributed by atoms with E-state index in [-0.39, 0.29) is 0 Å². The second-order valence-electron chi connectivity index (χ2n) is 9.00. The second kappa shape index (κ2) is 13.8. The summed E-state index contributed by atoms with van der Waals surface area (Å²) < 4.78 is 6.21. The number of carbonyl (C=O) groups is 1. The van der Waals surface area contributed by atoms with Crippen molar-refractivity contribution in [1.29, 1.82) is 0 Å². The largest absolute Gasteiger partial charge is 0.481 e. The average Bonchev–Trinajstić information content (AvgIpc) is 2.49. The molecule has 1 N–H and O–H groups in total. The lowest BCUT2D eigenvalue weighted by Crippen LogP contribution is -2.40. The number of carboxylic acids is 1. The molecule has 0 fully saturated rings. The van der Waals surface area contributed by atoms with Crippen molar-refractivity contribution in [2.24, 2.45) is 0 Å². The molecular weight excluding hydrogens is 328 g/mol. The van der Waals surface area contributed by atoms with Crippen molar-refractivity contribution in [3.63, 3.8) is 0 Å². The Morgan fingerprint density at radius 3 is 1.48 bits per heavy atom. The third kappa shape index (κ3) is 14.5. The van der Waals surface area contributed by atoms with E-state index in [2.05, 4.69) is 33.9 Å². The second-order valence-corrected chi connectivity index (χ2v) is 13.8. The van der Waals surface area contributed by atoms with E-state index in [1.54, 1.807) is 0 Å². The monoisotopic (exact) mass is 372 g/mol. The molecule has 0 spiro atoms. The zero-order valence-electron chi connectivity index (χ0n) is 17.7. The Kier molecular flexibility index (Phi) is 13.6. The van der Waals surface area contributed by atoms with Gasteiger partial charge in [-0.15, -0.1) is 0 Å². The molecule has 0 aromatic heterocycles. The minimum atomic E-state index is -1.54. The molecule has 0 aromatic rings. The summed E-state index contributed by atoms with van der Waals surface area (Å²) in [7, 11) is -1.54. The molecule has 0 aliphatic heterocycles. The zero-order valence-corrected chi connectivity index (χ0v) is 18.7. The van der Waals surface area contributed by atoms with Crippen LogP contribution in [-0.2, 0) is 9.22 Å². The summed E-state index contributed by atoms with van der Waals surface area (Å²) in [4.78, 5) is 10.4. The summed E-state index contributed by atoms with van der Waals surface area (Å²) in [6, 6.07) is 0. The maximum Gasteiger partial charge on any atom is 0.303 e. The summed E-state index contributed by atoms with van der Waals surface area (Å²) >= 11 is 0. The van der Waals surface area contributed by atoms with E-state index in [0.29, 0.717) is 11.5 Å². The van der Waals surface area contributed by atoms with Gasteiger partial charge in [0.05, 0.1) is 0 Å². The fourth-order valence-corrected chi connectivity index (χ4v) is 3.78. The maximum absolute atomic E-state index is 10.4. The fraction of sp³-hybridized carbons (Fsp3) is 0.952. The van der Waals surface area contributed by atoms with Gasteiger partial charge in [-0.1, -0.05) is 85.0 Å². The number of hydrogen-bond donors (Lipinski definition) is 1. The van der Waals surface area contributed by atoms with Gasteiger partial charge in [0, 0.05) is 13.0 Å². The molecule has 0 rings (SSSR count). The Morgan fingerprint density at radius 2 is 1.12 bits per heavy atom. The minimum absolute atomic E-state index is 0.323. The molecule has 0 saturated heterocycles. The van der Waals surface area contributed by atoms with Gasteiger partial charge >= 0.3 is 5.97 Å². The number of carboxylic acid groups (broad SMARTS) is 1. The topological polar surface area (TPSA) is 46.5 Å². The van der Waals surface area contributed by atoms with E-state index in [4.69, 9.17) is 9.53 Å². The van der Waals surface area contributed by atoms with E-state index in [0.717, 1.165) is 19.4 Å². The number of unbranched alkanes of at least 4 members (excludes halogenated alkanes) is 11. The zero-order chi connectivity index (χ0) is 19.2. The Balaban J connectivity index is 3.26. The molecule has 0 aliphatic rings. The predicted octanol–water partition coefficient (Wildman–Crippen LogP) is 7.16. The highest BCUT2D eigenvalue weighted by molar-refractivity contribution is 6.74. The first-order valence-corrected chi connectivity index (χ1v) is 13.4. The van der Waals surface area contributed by atoms with Crippen LogP contribution in [0.4, 0.5) is 0 Å². The Hall–Kier alpha value is -0.353. The first-order chi connectivity index (χ1) is 11.7. The molecular formula is C21H44O3Si. The molecule has 0 radical (unpaired) electrons. The fourth-order valence-electron chi connectivity index (χ4n) is 2.69. The molecule has 0 heterocycles. The van der Waals surface area contributed by atoms with Crippen LogP contribution in [0.3, 0.4) is 0 Å². The lowest BCUT2D eigenvalue weighted by Gasteiger charge is -2.36. The van der Waals surface area contributed by atoms with E-state index in [9.17, 15) is 4.79 Å². The average molecular weight is 373 g/mol. The van der Waals surface area contributed by atoms with Crippen molar-refractivity contribution in [2.75, 3.05) is 6.61 Å². The Morgan fingerprint density at radius 1 is 0.760 bits per heavy atom. The first-order valence-electron chi connectivity index (χ1n) is 10.5. The number of aliphatic carboxylic acids is 1. The quantitative estimate of drug-likeness (QED) is 0.231. The summed E-state index contributed by atoms with van der Waals surface area (Å²) in [6.07, 6.45) is 15.3. The smallest absolute Gasteiger partial charge is 0.303 e. The molecule has 150 valence electrons. The molecule has 0 unspecified atom stereocenters. The Labute approximate surface area is 158 Å². The van der Waals surface area contributed by atoms with Crippen LogP contribution < -0.4 is 0 Å². The van der Waals surface area contributed by atoms with Crippen LogP contribution in [0, 0.1) is 0 Å². The number of rotatable bonds is 16. The summed E-state index contributed by atoms with van der Waals surface area (Å²) in [5.41, 5.74) is 0. The summed E-state index contributed by atoms with van der Waals surface area (Å²) in [6.45, 7) is 12.5. The van der Waals surface area contributed by atoms with Crippen LogP contribution >= 0.6 is 0 Å². The van der Waals surface area contributed by atoms with E-state index >= 15 is 0 Å². The normalized spacial score (nSPS) is 12.5. The van der Waals surface area contributed by atoms with Crippen LogP contribution in [-0.4, -0.2) is 26.0 Å². The van der Waals surface area contributed by atoms with Crippen molar-refractivity contribution in [1.82, 2.24) is 0 Å². The van der Waals surface area contributed by atoms with E-state index in [1.165, 1.54) is 64.2 Å². The van der Waals surface area contributed by atoms with Crippen LogP contribution in [0.2, 0.25) is 18.1 Å². The van der Waals surface area contributed by atoms with Gasteiger partial charge in [-0.25, -0.2) is 0 Å². The lowest BCUT2D eigenvalue weighted by molar-refractivity contribution is -0.137. The molecule has 0 amide bonds. The van der Waals surface area contributed by atoms with Gasteiger partial charge in [-0.2, -0.15) is 0 Å². The highest BCUT2D eigenvalue weighted by Gasteiger charge is 2.36. The van der Waals surface area contributed by atoms with Crippen LogP contribution in [0.1, 0.15) is 104 Å². The van der Waals surface area contributed by atoms with Crippen molar-refractivity contribution in [2.45, 2.75) is 122 Å². The van der Waals surface area contributed by atoms with Gasteiger partial charge in [0.1, 0.15) is 0 Å². The van der Waals surface area contributed by atoms with E-state index in [1.807, 2.05) is 0 Å². The third-order valence-electron chi connectivity index (χ3n) is 5.55. The van der Waals surface area contributed by atoms with Crippen LogP contribution in [0.25, 0.3) is 0 Å². The third-order valence-corrected chi connectivity index (χ3v) is 10.1. The highest BCUT2D eigenvalue weighted by Crippen LogP contribution is 2.36. The first kappa shape index (κ1) is 24.6. The van der Waals surface area contributed by atoms with E-state index < -0.39 is 14.3 Å². The molecule has 4 heteroatoms. The van der Waals surface area contributed by atoms with Gasteiger partial charge in [0.15, 0.2) is 8.32 Å². The molecule has 0 aliphatic carbocycles.